The number of carbonyl (C=O) groups excluding carboxylic acids is 1. The average molecular weight is 346 g/mol. The first-order valence-corrected chi connectivity index (χ1v) is 6.59. The molecule has 10 heteroatoms. The molecule has 10 nitrogen and oxygen atoms in total. The van der Waals surface area contributed by atoms with Gasteiger partial charge in [-0.05, 0) is 6.92 Å². The number of methoxy groups -OCH3 is 1. The van der Waals surface area contributed by atoms with Crippen molar-refractivity contribution in [3.8, 4) is 0 Å². The van der Waals surface area contributed by atoms with Crippen LogP contribution in [0.15, 0.2) is 11.8 Å². The molecule has 0 rings (SSSR count). The topological polar surface area (TPSA) is 177 Å². The van der Waals surface area contributed by atoms with Crippen molar-refractivity contribution in [1.29, 1.82) is 0 Å². The number of hydrogen-bond donors (Lipinski definition) is 7. The van der Waals surface area contributed by atoms with Crippen molar-refractivity contribution in [3.05, 3.63) is 11.8 Å². The van der Waals surface area contributed by atoms with E-state index in [9.17, 15) is 4.79 Å². The van der Waals surface area contributed by atoms with E-state index < -0.39 is 5.97 Å². The normalized spacial score (nSPS) is 9.17. The van der Waals surface area contributed by atoms with Crippen LogP contribution in [-0.2, 0) is 14.3 Å². The lowest BCUT2D eigenvalue weighted by Crippen LogP contribution is -2.09. The van der Waals surface area contributed by atoms with Crippen LogP contribution in [0.4, 0.5) is 0 Å². The van der Waals surface area contributed by atoms with E-state index in [1.54, 1.807) is 6.92 Å². The smallest absolute Gasteiger partial charge is 0.336 e. The Kier molecular flexibility index (Phi) is 42.1. The predicted octanol–water partition coefficient (Wildman–Crippen LogP) is -3.01. The zero-order valence-electron chi connectivity index (χ0n) is 13.6. The van der Waals surface area contributed by atoms with Gasteiger partial charge in [-0.1, -0.05) is 0 Å². The number of rotatable bonds is 7. The summed E-state index contributed by atoms with van der Waals surface area (Å²) in [5.74, 6) is -0.471. The molecule has 0 radical (unpaired) electrons. The third kappa shape index (κ3) is 44.9. The van der Waals surface area contributed by atoms with Crippen molar-refractivity contribution >= 4 is 5.97 Å². The Morgan fingerprint density at radius 2 is 1.13 bits per heavy atom. The van der Waals surface area contributed by atoms with Gasteiger partial charge in [0.25, 0.3) is 0 Å². The first kappa shape index (κ1) is 29.7. The van der Waals surface area contributed by atoms with Gasteiger partial charge in [-0.2, -0.15) is 0 Å². The molecule has 0 aliphatic carbocycles. The molecule has 0 saturated carbocycles. The molecule has 23 heavy (non-hydrogen) atoms. The molecule has 0 aliphatic heterocycles. The van der Waals surface area contributed by atoms with Gasteiger partial charge < -0.3 is 45.2 Å². The van der Waals surface area contributed by atoms with Crippen molar-refractivity contribution < 1.29 is 50.0 Å². The standard InChI is InChI=1S/C7H12O4.3C2H6O2/c1-6(5-10-2)7(9)11-4-3-8;3*3-1-2-4/h5,8H,3-4H2,1-2H3;3*3-4H,1-2H2. The van der Waals surface area contributed by atoms with E-state index in [1.807, 2.05) is 0 Å². The third-order valence-electron chi connectivity index (χ3n) is 1.24. The van der Waals surface area contributed by atoms with E-state index in [2.05, 4.69) is 9.47 Å². The second-order valence-electron chi connectivity index (χ2n) is 3.24. The third-order valence-corrected chi connectivity index (χ3v) is 1.24. The second kappa shape index (κ2) is 32.6. The van der Waals surface area contributed by atoms with Crippen molar-refractivity contribution in [1.82, 2.24) is 0 Å². The Balaban J connectivity index is -0.000000124. The maximum absolute atomic E-state index is 10.8. The van der Waals surface area contributed by atoms with Crippen LogP contribution in [0.25, 0.3) is 0 Å². The summed E-state index contributed by atoms with van der Waals surface area (Å²) in [6.07, 6.45) is 1.29. The number of aliphatic hydroxyl groups is 7. The number of carbonyl (C=O) groups is 1. The Hall–Kier alpha value is -1.27. The van der Waals surface area contributed by atoms with Crippen molar-refractivity contribution in [2.45, 2.75) is 6.92 Å². The SMILES string of the molecule is COC=C(C)C(=O)OCCO.OCCO.OCCO.OCCO. The molecule has 0 spiro atoms. The molecule has 0 unspecified atom stereocenters. The molecular formula is C13H30O10. The van der Waals surface area contributed by atoms with Crippen LogP contribution in [0.5, 0.6) is 0 Å². The van der Waals surface area contributed by atoms with Gasteiger partial charge in [0.2, 0.25) is 0 Å². The summed E-state index contributed by atoms with van der Waals surface area (Å²) in [6, 6.07) is 0. The highest BCUT2D eigenvalue weighted by Crippen LogP contribution is 1.95. The van der Waals surface area contributed by atoms with Gasteiger partial charge in [-0.3, -0.25) is 0 Å². The maximum Gasteiger partial charge on any atom is 0.336 e. The quantitative estimate of drug-likeness (QED) is 0.143. The van der Waals surface area contributed by atoms with Crippen LogP contribution in [0.1, 0.15) is 6.92 Å². The number of hydrogen-bond acceptors (Lipinski definition) is 10. The molecule has 142 valence electrons. The van der Waals surface area contributed by atoms with E-state index in [-0.39, 0.29) is 52.9 Å². The first-order valence-electron chi connectivity index (χ1n) is 6.59. The predicted molar refractivity (Wildman–Crippen MR) is 81.3 cm³/mol. The Morgan fingerprint density at radius 1 is 0.783 bits per heavy atom. The van der Waals surface area contributed by atoms with Gasteiger partial charge in [-0.25, -0.2) is 4.79 Å². The minimum Gasteiger partial charge on any atom is -0.504 e. The van der Waals surface area contributed by atoms with Gasteiger partial charge in [-0.15, -0.1) is 0 Å². The lowest BCUT2D eigenvalue weighted by atomic mass is 10.3. The summed E-state index contributed by atoms with van der Waals surface area (Å²) in [4.78, 5) is 10.8. The van der Waals surface area contributed by atoms with Gasteiger partial charge in [0.15, 0.2) is 0 Å². The summed E-state index contributed by atoms with van der Waals surface area (Å²) >= 11 is 0. The highest BCUT2D eigenvalue weighted by Gasteiger charge is 2.03. The molecule has 0 atom stereocenters. The fourth-order valence-electron chi connectivity index (χ4n) is 0.477. The number of ether oxygens (including phenoxy) is 2. The number of aliphatic hydroxyl groups excluding tert-OH is 7. The maximum atomic E-state index is 10.8. The van der Waals surface area contributed by atoms with E-state index in [0.717, 1.165) is 0 Å². The summed E-state index contributed by atoms with van der Waals surface area (Å²) in [5, 5.41) is 54.0. The summed E-state index contributed by atoms with van der Waals surface area (Å²) < 4.78 is 9.15. The Labute approximate surface area is 135 Å². The molecule has 0 heterocycles. The van der Waals surface area contributed by atoms with Crippen LogP contribution < -0.4 is 0 Å². The fraction of sp³-hybridized carbons (Fsp3) is 0.769. The second-order valence-corrected chi connectivity index (χ2v) is 3.24. The van der Waals surface area contributed by atoms with Gasteiger partial charge >= 0.3 is 5.97 Å². The van der Waals surface area contributed by atoms with Gasteiger partial charge in [0.1, 0.15) is 6.61 Å². The average Bonchev–Trinajstić information content (AvgIpc) is 2.60. The number of esters is 1. The van der Waals surface area contributed by atoms with Crippen LogP contribution in [0.2, 0.25) is 0 Å². The van der Waals surface area contributed by atoms with Crippen LogP contribution in [0.3, 0.4) is 0 Å². The van der Waals surface area contributed by atoms with E-state index in [0.29, 0.717) is 5.57 Å². The van der Waals surface area contributed by atoms with Gasteiger partial charge in [0, 0.05) is 0 Å². The highest BCUT2D eigenvalue weighted by atomic mass is 16.5. The molecule has 0 amide bonds. The first-order chi connectivity index (χ1) is 11.0. The molecule has 0 aromatic carbocycles. The zero-order valence-corrected chi connectivity index (χ0v) is 13.6. The minimum atomic E-state index is -0.471. The lowest BCUT2D eigenvalue weighted by molar-refractivity contribution is -0.140. The van der Waals surface area contributed by atoms with Crippen LogP contribution >= 0.6 is 0 Å². The van der Waals surface area contributed by atoms with Crippen molar-refractivity contribution in [3.63, 3.8) is 0 Å². The summed E-state index contributed by atoms with van der Waals surface area (Å²) in [7, 11) is 1.45. The molecule has 7 N–H and O–H groups in total. The van der Waals surface area contributed by atoms with Crippen molar-refractivity contribution in [2.24, 2.45) is 0 Å². The Morgan fingerprint density at radius 3 is 1.35 bits per heavy atom. The molecule has 0 aromatic heterocycles. The van der Waals surface area contributed by atoms with E-state index >= 15 is 0 Å². The molecular weight excluding hydrogens is 316 g/mol. The highest BCUT2D eigenvalue weighted by molar-refractivity contribution is 5.87. The lowest BCUT2D eigenvalue weighted by Gasteiger charge is -2.01. The fourth-order valence-corrected chi connectivity index (χ4v) is 0.477. The minimum absolute atomic E-state index is 0.0216. The Bertz CT molecular complexity index is 217. The largest absolute Gasteiger partial charge is 0.504 e. The molecule has 0 fully saturated rings. The molecule has 0 aliphatic rings. The van der Waals surface area contributed by atoms with Crippen LogP contribution in [-0.4, -0.2) is 102 Å². The monoisotopic (exact) mass is 346 g/mol. The van der Waals surface area contributed by atoms with Gasteiger partial charge in [0.05, 0.1) is 65.2 Å². The van der Waals surface area contributed by atoms with Crippen molar-refractivity contribution in [2.75, 3.05) is 60.0 Å². The zero-order chi connectivity index (χ0) is 18.9. The molecule has 0 aromatic rings. The van der Waals surface area contributed by atoms with E-state index in [1.165, 1.54) is 13.4 Å². The van der Waals surface area contributed by atoms with Crippen LogP contribution in [0, 0.1) is 0 Å². The van der Waals surface area contributed by atoms with E-state index in [4.69, 9.17) is 35.7 Å². The molecule has 0 saturated heterocycles. The summed E-state index contributed by atoms with van der Waals surface area (Å²) in [6.45, 7) is 0.683. The summed E-state index contributed by atoms with van der Waals surface area (Å²) in [5.41, 5.74) is 0.376. The molecule has 0 bridgehead atoms.